The number of aromatic nitrogens is 1. The van der Waals surface area contributed by atoms with E-state index in [0.717, 1.165) is 4.73 Å². The van der Waals surface area contributed by atoms with Gasteiger partial charge in [0.25, 0.3) is 10.0 Å². The quantitative estimate of drug-likeness (QED) is 0.541. The molecule has 2 N–H and O–H groups in total. The molecule has 0 unspecified atom stereocenters. The molecule has 1 heterocycles. The second-order valence-corrected chi connectivity index (χ2v) is 9.87. The van der Waals surface area contributed by atoms with Crippen LogP contribution in [0.4, 0.5) is 5.69 Å². The molecule has 0 radical (unpaired) electrons. The molecule has 0 saturated carbocycles. The first-order chi connectivity index (χ1) is 14.8. The second-order valence-electron chi connectivity index (χ2n) is 8.19. The summed E-state index contributed by atoms with van der Waals surface area (Å²) in [5.41, 5.74) is -0.618. The third-order valence-electron chi connectivity index (χ3n) is 4.66. The van der Waals surface area contributed by atoms with Crippen LogP contribution in [0, 0.1) is 5.41 Å². The van der Waals surface area contributed by atoms with Crippen LogP contribution in [0.3, 0.4) is 0 Å². The number of hydrogen-bond acceptors (Lipinski definition) is 7. The van der Waals surface area contributed by atoms with Crippen LogP contribution in [0.15, 0.2) is 47.4 Å². The summed E-state index contributed by atoms with van der Waals surface area (Å²) in [6.45, 7) is 6.18. The minimum Gasteiger partial charge on any atom is -0.497 e. The number of ketones is 1. The SMILES string of the molecule is COc1ccc(S(=O)(=O)Nc2ccc3c(C(C)=O)c(O)n(OC(=O)C(C)(C)C)c3c2)cc1. The number of methoxy groups -OCH3 is 1. The summed E-state index contributed by atoms with van der Waals surface area (Å²) in [4.78, 5) is 29.8. The highest BCUT2D eigenvalue weighted by Gasteiger charge is 2.28. The van der Waals surface area contributed by atoms with Gasteiger partial charge in [-0.15, -0.1) is 4.73 Å². The number of nitrogens with zero attached hydrogens (tertiary/aromatic N) is 1. The summed E-state index contributed by atoms with van der Waals surface area (Å²) < 4.78 is 33.8. The normalized spacial score (nSPS) is 11.9. The molecule has 3 aromatic rings. The fraction of sp³-hybridized carbons (Fsp3) is 0.273. The fourth-order valence-corrected chi connectivity index (χ4v) is 3.99. The van der Waals surface area contributed by atoms with Crippen molar-refractivity contribution < 1.29 is 32.7 Å². The predicted molar refractivity (Wildman–Crippen MR) is 118 cm³/mol. The van der Waals surface area contributed by atoms with Crippen molar-refractivity contribution in [3.8, 4) is 11.6 Å². The molecule has 0 aliphatic heterocycles. The van der Waals surface area contributed by atoms with E-state index in [4.69, 9.17) is 9.57 Å². The van der Waals surface area contributed by atoms with Crippen LogP contribution in [-0.4, -0.2) is 37.1 Å². The topological polar surface area (TPSA) is 124 Å². The molecular formula is C22H24N2O7S. The molecule has 2 aromatic carbocycles. The van der Waals surface area contributed by atoms with Crippen molar-refractivity contribution in [2.24, 2.45) is 5.41 Å². The molecular weight excluding hydrogens is 436 g/mol. The Kier molecular flexibility index (Phi) is 5.92. The molecule has 9 nitrogen and oxygen atoms in total. The van der Waals surface area contributed by atoms with Gasteiger partial charge >= 0.3 is 5.97 Å². The number of Topliss-reactive ketones (excluding diaryl/α,β-unsaturated/α-hetero) is 1. The molecule has 0 amide bonds. The molecule has 32 heavy (non-hydrogen) atoms. The Labute approximate surface area is 185 Å². The maximum absolute atomic E-state index is 12.8. The van der Waals surface area contributed by atoms with Crippen LogP contribution in [0.2, 0.25) is 0 Å². The zero-order chi connectivity index (χ0) is 23.8. The maximum Gasteiger partial charge on any atom is 0.338 e. The number of carbonyl (C=O) groups is 2. The number of sulfonamides is 1. The van der Waals surface area contributed by atoms with Crippen LogP contribution >= 0.6 is 0 Å². The third-order valence-corrected chi connectivity index (χ3v) is 6.06. The van der Waals surface area contributed by atoms with Crippen LogP contribution in [0.25, 0.3) is 10.9 Å². The number of rotatable bonds is 6. The lowest BCUT2D eigenvalue weighted by Gasteiger charge is -2.17. The van der Waals surface area contributed by atoms with Crippen molar-refractivity contribution in [3.63, 3.8) is 0 Å². The molecule has 0 atom stereocenters. The van der Waals surface area contributed by atoms with E-state index in [1.807, 2.05) is 0 Å². The number of benzene rings is 2. The van der Waals surface area contributed by atoms with E-state index in [0.29, 0.717) is 11.1 Å². The van der Waals surface area contributed by atoms with Gasteiger partial charge in [-0.05, 0) is 70.2 Å². The predicted octanol–water partition coefficient (Wildman–Crippen LogP) is 3.36. The van der Waals surface area contributed by atoms with E-state index in [1.165, 1.54) is 56.5 Å². The summed E-state index contributed by atoms with van der Waals surface area (Å²) in [6, 6.07) is 10.1. The molecule has 10 heteroatoms. The molecule has 0 aliphatic carbocycles. The van der Waals surface area contributed by atoms with Gasteiger partial charge in [0.2, 0.25) is 5.88 Å². The standard InChI is InChI=1S/C22H24N2O7S/c1-13(25)19-17-11-6-14(23-32(28,29)16-9-7-15(30-5)8-10-16)12-18(17)24(20(19)26)31-21(27)22(2,3)4/h6-12,23,26H,1-5H3. The van der Waals surface area contributed by atoms with E-state index in [2.05, 4.69) is 4.72 Å². The molecule has 0 spiro atoms. The zero-order valence-corrected chi connectivity index (χ0v) is 19.1. The van der Waals surface area contributed by atoms with E-state index in [1.54, 1.807) is 20.8 Å². The molecule has 0 aliphatic rings. The smallest absolute Gasteiger partial charge is 0.338 e. The van der Waals surface area contributed by atoms with Crippen LogP contribution in [0.1, 0.15) is 38.1 Å². The van der Waals surface area contributed by atoms with Crippen LogP contribution in [0.5, 0.6) is 11.6 Å². The largest absolute Gasteiger partial charge is 0.497 e. The first kappa shape index (κ1) is 23.1. The van der Waals surface area contributed by atoms with Crippen LogP contribution in [-0.2, 0) is 14.8 Å². The number of fused-ring (bicyclic) bond motifs is 1. The first-order valence-corrected chi connectivity index (χ1v) is 11.1. The fourth-order valence-electron chi connectivity index (χ4n) is 2.94. The number of carbonyl (C=O) groups excluding carboxylic acids is 2. The Hall–Kier alpha value is -3.53. The molecule has 0 bridgehead atoms. The third kappa shape index (κ3) is 4.40. The Morgan fingerprint density at radius 1 is 1.06 bits per heavy atom. The number of anilines is 1. The van der Waals surface area contributed by atoms with Gasteiger partial charge in [-0.2, -0.15) is 0 Å². The van der Waals surface area contributed by atoms with E-state index in [-0.39, 0.29) is 21.7 Å². The van der Waals surface area contributed by atoms with Gasteiger partial charge in [-0.25, -0.2) is 13.2 Å². The monoisotopic (exact) mass is 460 g/mol. The minimum absolute atomic E-state index is 0.0141. The average molecular weight is 461 g/mol. The summed E-state index contributed by atoms with van der Waals surface area (Å²) in [5, 5.41) is 10.9. The van der Waals surface area contributed by atoms with Gasteiger partial charge in [-0.1, -0.05) is 0 Å². The highest BCUT2D eigenvalue weighted by atomic mass is 32.2. The van der Waals surface area contributed by atoms with E-state index >= 15 is 0 Å². The Balaban J connectivity index is 2.07. The molecule has 0 fully saturated rings. The molecule has 3 rings (SSSR count). The van der Waals surface area contributed by atoms with Gasteiger partial charge in [0, 0.05) is 5.39 Å². The number of ether oxygens (including phenoxy) is 1. The Morgan fingerprint density at radius 3 is 2.22 bits per heavy atom. The molecule has 170 valence electrons. The summed E-state index contributed by atoms with van der Waals surface area (Å²) in [7, 11) is -2.46. The van der Waals surface area contributed by atoms with Gasteiger partial charge < -0.3 is 14.7 Å². The summed E-state index contributed by atoms with van der Waals surface area (Å²) >= 11 is 0. The van der Waals surface area contributed by atoms with Gasteiger partial charge in [0.05, 0.1) is 34.2 Å². The van der Waals surface area contributed by atoms with Crippen molar-refractivity contribution in [3.05, 3.63) is 48.0 Å². The molecule has 1 aromatic heterocycles. The number of aromatic hydroxyl groups is 1. The Bertz CT molecular complexity index is 1300. The van der Waals surface area contributed by atoms with Gasteiger partial charge in [0.15, 0.2) is 5.78 Å². The average Bonchev–Trinajstić information content (AvgIpc) is 2.98. The second kappa shape index (κ2) is 8.19. The lowest BCUT2D eigenvalue weighted by atomic mass is 9.98. The van der Waals surface area contributed by atoms with Gasteiger partial charge in [0.1, 0.15) is 5.75 Å². The number of hydrogen-bond donors (Lipinski definition) is 2. The van der Waals surface area contributed by atoms with Crippen molar-refractivity contribution >= 4 is 38.4 Å². The highest BCUT2D eigenvalue weighted by molar-refractivity contribution is 7.92. The Morgan fingerprint density at radius 2 is 1.69 bits per heavy atom. The highest BCUT2D eigenvalue weighted by Crippen LogP contribution is 2.34. The van der Waals surface area contributed by atoms with E-state index < -0.39 is 33.1 Å². The first-order valence-electron chi connectivity index (χ1n) is 9.63. The summed E-state index contributed by atoms with van der Waals surface area (Å²) in [6.07, 6.45) is 0. The van der Waals surface area contributed by atoms with Crippen molar-refractivity contribution in [2.75, 3.05) is 11.8 Å². The maximum atomic E-state index is 12.8. The summed E-state index contributed by atoms with van der Waals surface area (Å²) in [5.74, 6) is -1.12. The lowest BCUT2D eigenvalue weighted by Crippen LogP contribution is -2.31. The number of nitrogens with one attached hydrogen (secondary N) is 1. The van der Waals surface area contributed by atoms with Gasteiger partial charge in [-0.3, -0.25) is 9.52 Å². The van der Waals surface area contributed by atoms with Crippen molar-refractivity contribution in [2.45, 2.75) is 32.6 Å². The van der Waals surface area contributed by atoms with Crippen molar-refractivity contribution in [1.29, 1.82) is 0 Å². The van der Waals surface area contributed by atoms with Crippen molar-refractivity contribution in [1.82, 2.24) is 4.73 Å². The zero-order valence-electron chi connectivity index (χ0n) is 18.3. The lowest BCUT2D eigenvalue weighted by molar-refractivity contribution is -0.153. The van der Waals surface area contributed by atoms with Crippen LogP contribution < -0.4 is 14.3 Å². The molecule has 0 saturated heterocycles. The van der Waals surface area contributed by atoms with E-state index in [9.17, 15) is 23.1 Å². The minimum atomic E-state index is -3.94.